The summed E-state index contributed by atoms with van der Waals surface area (Å²) in [5.41, 5.74) is 3.10. The van der Waals surface area contributed by atoms with Gasteiger partial charge >= 0.3 is 0 Å². The van der Waals surface area contributed by atoms with Crippen LogP contribution in [0.2, 0.25) is 0 Å². The molecule has 0 aliphatic heterocycles. The average molecular weight is 611 g/mol. The molecule has 2 rings (SSSR count). The molecule has 0 unspecified atom stereocenters. The Balaban J connectivity index is 1.75. The fourth-order valence-corrected chi connectivity index (χ4v) is 5.56. The van der Waals surface area contributed by atoms with Crippen molar-refractivity contribution in [3.8, 4) is 30.3 Å². The van der Waals surface area contributed by atoms with Crippen LogP contribution in [0, 0.1) is 74.1 Å². The van der Waals surface area contributed by atoms with Crippen LogP contribution in [0.1, 0.15) is 53.4 Å². The van der Waals surface area contributed by atoms with Crippen molar-refractivity contribution in [1.82, 2.24) is 9.80 Å². The molecule has 0 aromatic carbocycles. The molecule has 0 N–H and O–H groups in total. The molecule has 2 aliphatic carbocycles. The maximum atomic E-state index is 9.83. The number of nitrogens with zero attached hydrogens (tertiary/aromatic N) is 8. The van der Waals surface area contributed by atoms with Crippen molar-refractivity contribution in [2.75, 3.05) is 66.8 Å². The van der Waals surface area contributed by atoms with Gasteiger partial charge in [0.15, 0.2) is 0 Å². The van der Waals surface area contributed by atoms with E-state index < -0.39 is 0 Å². The first-order valence-corrected chi connectivity index (χ1v) is 14.8. The van der Waals surface area contributed by atoms with Gasteiger partial charge in [0.05, 0.1) is 69.5 Å². The minimum atomic E-state index is -0.185. The molecule has 0 saturated carbocycles. The molecule has 0 fully saturated rings. The van der Waals surface area contributed by atoms with Gasteiger partial charge in [-0.25, -0.2) is 10.1 Å². The van der Waals surface area contributed by atoms with Gasteiger partial charge in [0.25, 0.3) is 5.70 Å². The topological polar surface area (TPSA) is 157 Å². The van der Waals surface area contributed by atoms with E-state index in [1.165, 1.54) is 0 Å². The summed E-state index contributed by atoms with van der Waals surface area (Å²) in [6.07, 6.45) is 2.35. The number of hydrogen-bond donors (Lipinski definition) is 0. The number of hydrogen-bond acceptors (Lipinski definition) is 10. The third-order valence-corrected chi connectivity index (χ3v) is 7.84. The largest absolute Gasteiger partial charge is 0.377 e. The van der Waals surface area contributed by atoms with Crippen LogP contribution in [0.4, 0.5) is 0 Å². The zero-order valence-electron chi connectivity index (χ0n) is 27.3. The highest BCUT2D eigenvalue weighted by Gasteiger charge is 2.35. The van der Waals surface area contributed by atoms with E-state index >= 15 is 0 Å². The Morgan fingerprint density at radius 3 is 1.44 bits per heavy atom. The van der Waals surface area contributed by atoms with Crippen LogP contribution in [-0.2, 0) is 14.2 Å². The molecule has 0 spiro atoms. The molecule has 2 aliphatic rings. The second-order valence-electron chi connectivity index (χ2n) is 12.7. The van der Waals surface area contributed by atoms with Crippen LogP contribution in [0.5, 0.6) is 0 Å². The summed E-state index contributed by atoms with van der Waals surface area (Å²) in [7, 11) is 3.78. The van der Waals surface area contributed by atoms with E-state index in [0.29, 0.717) is 101 Å². The van der Waals surface area contributed by atoms with Crippen molar-refractivity contribution in [2.24, 2.45) is 10.8 Å². The van der Waals surface area contributed by atoms with Crippen molar-refractivity contribution in [3.63, 3.8) is 0 Å². The van der Waals surface area contributed by atoms with Crippen LogP contribution in [-0.4, -0.2) is 76.6 Å². The smallest absolute Gasteiger partial charge is 0.266 e. The second kappa shape index (κ2) is 17.0. The summed E-state index contributed by atoms with van der Waals surface area (Å²) in [4.78, 5) is 7.28. The second-order valence-corrected chi connectivity index (χ2v) is 12.7. The van der Waals surface area contributed by atoms with Crippen LogP contribution in [0.25, 0.3) is 4.85 Å². The minimum absolute atomic E-state index is 0.00696. The predicted octanol–water partition coefficient (Wildman–Crippen LogP) is 5.14. The maximum Gasteiger partial charge on any atom is 0.266 e. The highest BCUT2D eigenvalue weighted by molar-refractivity contribution is 5.57. The molecule has 0 atom stereocenters. The summed E-state index contributed by atoms with van der Waals surface area (Å²) in [6, 6.07) is 10.3. The molecule has 11 heteroatoms. The zero-order chi connectivity index (χ0) is 33.6. The lowest BCUT2D eigenvalue weighted by Crippen LogP contribution is -2.31. The Morgan fingerprint density at radius 1 is 0.667 bits per heavy atom. The molecule has 0 aromatic rings. The zero-order valence-corrected chi connectivity index (χ0v) is 27.3. The molecule has 11 nitrogen and oxygen atoms in total. The molecule has 0 aromatic heterocycles. The van der Waals surface area contributed by atoms with Crippen molar-refractivity contribution in [1.29, 1.82) is 26.3 Å². The van der Waals surface area contributed by atoms with Gasteiger partial charge < -0.3 is 24.0 Å². The van der Waals surface area contributed by atoms with Gasteiger partial charge in [0.2, 0.25) is 0 Å². The Bertz CT molecular complexity index is 1350. The van der Waals surface area contributed by atoms with Gasteiger partial charge in [-0.05, 0) is 42.1 Å². The monoisotopic (exact) mass is 610 g/mol. The van der Waals surface area contributed by atoms with Crippen LogP contribution < -0.4 is 0 Å². The van der Waals surface area contributed by atoms with Gasteiger partial charge in [-0.2, -0.15) is 21.0 Å². The first kappa shape index (κ1) is 36.6. The number of allylic oxidation sites excluding steroid dienone is 8. The quantitative estimate of drug-likeness (QED) is 0.147. The Morgan fingerprint density at radius 2 is 1.07 bits per heavy atom. The van der Waals surface area contributed by atoms with Crippen LogP contribution in [0.3, 0.4) is 0 Å². The van der Waals surface area contributed by atoms with Gasteiger partial charge in [0, 0.05) is 44.2 Å². The van der Waals surface area contributed by atoms with E-state index in [1.54, 1.807) is 0 Å². The number of rotatable bonds is 14. The molecular formula is C34H42N8O3. The minimum Gasteiger partial charge on any atom is -0.377 e. The molecule has 236 valence electrons. The van der Waals surface area contributed by atoms with Gasteiger partial charge in [0.1, 0.15) is 23.8 Å². The van der Waals surface area contributed by atoms with Gasteiger partial charge in [-0.15, -0.1) is 0 Å². The summed E-state index contributed by atoms with van der Waals surface area (Å²) < 4.78 is 17.1. The third-order valence-electron chi connectivity index (χ3n) is 7.84. The van der Waals surface area contributed by atoms with Crippen molar-refractivity contribution in [2.45, 2.75) is 53.4 Å². The Labute approximate surface area is 267 Å². The Hall–Kier alpha value is -4.62. The standard InChI is InChI=1S/C34H42N8O3/c1-33(2)16-26(25(20-35)21-36)28(22-37)31(18-33)41(6)8-10-43-12-14-45-15-13-44-11-9-42(7)32-19-34(3,4)17-27(29(32)23-38)30(24-39)40-5/h8-19H2,1-4,6-7H3/b30-27+. The van der Waals surface area contributed by atoms with Gasteiger partial charge in [-0.3, -0.25) is 0 Å². The molecular weight excluding hydrogens is 568 g/mol. The molecule has 0 heterocycles. The average Bonchev–Trinajstić information content (AvgIpc) is 2.99. The predicted molar refractivity (Wildman–Crippen MR) is 167 cm³/mol. The van der Waals surface area contributed by atoms with Gasteiger partial charge in [-0.1, -0.05) is 27.7 Å². The fraction of sp³-hybridized carbons (Fsp3) is 0.588. The van der Waals surface area contributed by atoms with E-state index in [9.17, 15) is 26.3 Å². The van der Waals surface area contributed by atoms with E-state index in [4.69, 9.17) is 20.8 Å². The molecule has 0 radical (unpaired) electrons. The number of nitriles is 5. The van der Waals surface area contributed by atoms with Crippen molar-refractivity contribution < 1.29 is 14.2 Å². The third kappa shape index (κ3) is 10.2. The van der Waals surface area contributed by atoms with Crippen LogP contribution in [0.15, 0.2) is 45.0 Å². The summed E-state index contributed by atoms with van der Waals surface area (Å²) in [5, 5.41) is 47.8. The van der Waals surface area contributed by atoms with E-state index in [-0.39, 0.29) is 22.1 Å². The summed E-state index contributed by atoms with van der Waals surface area (Å²) >= 11 is 0. The first-order chi connectivity index (χ1) is 21.4. The van der Waals surface area contributed by atoms with Crippen molar-refractivity contribution >= 4 is 0 Å². The summed E-state index contributed by atoms with van der Waals surface area (Å²) in [5.74, 6) is 0. The summed E-state index contributed by atoms with van der Waals surface area (Å²) in [6.45, 7) is 19.2. The highest BCUT2D eigenvalue weighted by atomic mass is 16.5. The maximum absolute atomic E-state index is 9.83. The normalized spacial score (nSPS) is 18.0. The lowest BCUT2D eigenvalue weighted by molar-refractivity contribution is 0.0102. The SMILES string of the molecule is [C-]#[N+]/C(C#N)=C1\CC(C)(C)CC(N(C)CCOCCOCCOCCN(C)C2=C(C#N)C(=C(C#N)C#N)CC(C)(C)C2)=C1C#N. The highest BCUT2D eigenvalue weighted by Crippen LogP contribution is 2.44. The lowest BCUT2D eigenvalue weighted by Gasteiger charge is -2.37. The molecule has 45 heavy (non-hydrogen) atoms. The number of ether oxygens (including phenoxy) is 3. The molecule has 0 amide bonds. The van der Waals surface area contributed by atoms with E-state index in [1.807, 2.05) is 42.1 Å². The molecule has 0 bridgehead atoms. The van der Waals surface area contributed by atoms with E-state index in [2.05, 4.69) is 44.7 Å². The fourth-order valence-electron chi connectivity index (χ4n) is 5.56. The Kier molecular flexibility index (Phi) is 13.8. The lowest BCUT2D eigenvalue weighted by atomic mass is 9.72. The van der Waals surface area contributed by atoms with Crippen LogP contribution >= 0.6 is 0 Å². The van der Waals surface area contributed by atoms with Crippen molar-refractivity contribution in [3.05, 3.63) is 56.4 Å². The number of likely N-dealkylation sites (N-methyl/N-ethyl adjacent to an activating group) is 2. The first-order valence-electron chi connectivity index (χ1n) is 14.8. The van der Waals surface area contributed by atoms with E-state index in [0.717, 1.165) is 11.4 Å². The molecule has 0 saturated heterocycles.